The number of amides is 1. The Bertz CT molecular complexity index is 1120. The molecule has 0 aliphatic rings. The second kappa shape index (κ2) is 7.44. The molecule has 0 saturated heterocycles. The molecule has 0 atom stereocenters. The first-order valence-electron chi connectivity index (χ1n) is 8.86. The van der Waals surface area contributed by atoms with Crippen LogP contribution in [-0.4, -0.2) is 21.8 Å². The van der Waals surface area contributed by atoms with Crippen LogP contribution in [0.25, 0.3) is 11.1 Å². The SMILES string of the molecule is Cc1cc(C(=O)NN=C(c2ccccc2)c2ccccc2)c2c(C)noc2n1. The summed E-state index contributed by atoms with van der Waals surface area (Å²) >= 11 is 0. The Balaban J connectivity index is 1.74. The number of hydrogen-bond donors (Lipinski definition) is 1. The van der Waals surface area contributed by atoms with E-state index in [0.717, 1.165) is 11.1 Å². The summed E-state index contributed by atoms with van der Waals surface area (Å²) in [6, 6.07) is 21.2. The zero-order chi connectivity index (χ0) is 19.5. The third kappa shape index (κ3) is 3.40. The highest BCUT2D eigenvalue weighted by Gasteiger charge is 2.18. The number of benzene rings is 2. The number of aromatic nitrogens is 2. The lowest BCUT2D eigenvalue weighted by Gasteiger charge is -2.08. The van der Waals surface area contributed by atoms with Crippen molar-refractivity contribution >= 4 is 22.7 Å². The van der Waals surface area contributed by atoms with Crippen molar-refractivity contribution in [3.8, 4) is 0 Å². The van der Waals surface area contributed by atoms with E-state index in [0.29, 0.717) is 33.8 Å². The number of carbonyl (C=O) groups is 1. The van der Waals surface area contributed by atoms with E-state index >= 15 is 0 Å². The van der Waals surface area contributed by atoms with Gasteiger partial charge in [-0.25, -0.2) is 10.4 Å². The summed E-state index contributed by atoms with van der Waals surface area (Å²) in [5.41, 5.74) is 7.25. The van der Waals surface area contributed by atoms with Crippen LogP contribution >= 0.6 is 0 Å². The molecule has 28 heavy (non-hydrogen) atoms. The maximum Gasteiger partial charge on any atom is 0.272 e. The van der Waals surface area contributed by atoms with Crippen molar-refractivity contribution in [2.75, 3.05) is 0 Å². The Labute approximate surface area is 161 Å². The van der Waals surface area contributed by atoms with Crippen molar-refractivity contribution in [2.24, 2.45) is 5.10 Å². The van der Waals surface area contributed by atoms with Gasteiger partial charge in [-0.15, -0.1) is 0 Å². The molecule has 1 amide bonds. The molecule has 4 aromatic rings. The Kier molecular flexibility index (Phi) is 4.68. The quantitative estimate of drug-likeness (QED) is 0.435. The fourth-order valence-electron chi connectivity index (χ4n) is 3.05. The van der Waals surface area contributed by atoms with Gasteiger partial charge in [-0.05, 0) is 19.9 Å². The van der Waals surface area contributed by atoms with Crippen molar-refractivity contribution in [1.82, 2.24) is 15.6 Å². The van der Waals surface area contributed by atoms with Crippen LogP contribution in [0.4, 0.5) is 0 Å². The second-order valence-electron chi connectivity index (χ2n) is 6.39. The lowest BCUT2D eigenvalue weighted by atomic mass is 10.0. The van der Waals surface area contributed by atoms with Gasteiger partial charge in [0.15, 0.2) is 0 Å². The average molecular weight is 370 g/mol. The first-order chi connectivity index (χ1) is 13.6. The number of nitrogens with zero attached hydrogens (tertiary/aromatic N) is 3. The zero-order valence-corrected chi connectivity index (χ0v) is 15.5. The van der Waals surface area contributed by atoms with Crippen LogP contribution in [0.2, 0.25) is 0 Å². The van der Waals surface area contributed by atoms with Gasteiger partial charge in [0.2, 0.25) is 0 Å². The van der Waals surface area contributed by atoms with Crippen LogP contribution in [-0.2, 0) is 0 Å². The Hall–Kier alpha value is -3.80. The molecular formula is C22H18N4O2. The van der Waals surface area contributed by atoms with Crippen molar-refractivity contribution < 1.29 is 9.32 Å². The summed E-state index contributed by atoms with van der Waals surface area (Å²) in [6.07, 6.45) is 0. The number of rotatable bonds is 4. The fraction of sp³-hybridized carbons (Fsp3) is 0.0909. The average Bonchev–Trinajstić information content (AvgIpc) is 3.09. The summed E-state index contributed by atoms with van der Waals surface area (Å²) in [5, 5.41) is 8.95. The molecule has 0 saturated carbocycles. The van der Waals surface area contributed by atoms with Gasteiger partial charge in [-0.3, -0.25) is 4.79 Å². The van der Waals surface area contributed by atoms with E-state index in [1.165, 1.54) is 0 Å². The van der Waals surface area contributed by atoms with Gasteiger partial charge in [0.05, 0.1) is 22.4 Å². The van der Waals surface area contributed by atoms with Crippen LogP contribution in [0.5, 0.6) is 0 Å². The summed E-state index contributed by atoms with van der Waals surface area (Å²) in [7, 11) is 0. The van der Waals surface area contributed by atoms with E-state index in [4.69, 9.17) is 4.52 Å². The Morgan fingerprint density at radius 1 is 0.964 bits per heavy atom. The molecule has 6 heteroatoms. The minimum atomic E-state index is -0.342. The molecule has 138 valence electrons. The summed E-state index contributed by atoms with van der Waals surface area (Å²) in [5.74, 6) is -0.342. The number of hydrazone groups is 1. The highest BCUT2D eigenvalue weighted by atomic mass is 16.5. The third-order valence-corrected chi connectivity index (χ3v) is 4.35. The molecule has 0 aliphatic heterocycles. The minimum absolute atomic E-state index is 0.342. The van der Waals surface area contributed by atoms with E-state index in [1.54, 1.807) is 19.9 Å². The molecule has 0 aliphatic carbocycles. The van der Waals surface area contributed by atoms with Gasteiger partial charge in [0.25, 0.3) is 11.6 Å². The molecule has 2 aromatic carbocycles. The van der Waals surface area contributed by atoms with Crippen LogP contribution in [0.3, 0.4) is 0 Å². The molecule has 0 fully saturated rings. The monoisotopic (exact) mass is 370 g/mol. The van der Waals surface area contributed by atoms with E-state index in [-0.39, 0.29) is 5.91 Å². The Morgan fingerprint density at radius 2 is 1.57 bits per heavy atom. The summed E-state index contributed by atoms with van der Waals surface area (Å²) < 4.78 is 5.21. The fourth-order valence-corrected chi connectivity index (χ4v) is 3.05. The van der Waals surface area contributed by atoms with E-state index in [9.17, 15) is 4.79 Å². The van der Waals surface area contributed by atoms with Gasteiger partial charge in [0.1, 0.15) is 0 Å². The smallest absolute Gasteiger partial charge is 0.272 e. The number of aryl methyl sites for hydroxylation is 2. The Morgan fingerprint density at radius 3 is 2.18 bits per heavy atom. The molecule has 0 radical (unpaired) electrons. The van der Waals surface area contributed by atoms with Gasteiger partial charge < -0.3 is 4.52 Å². The van der Waals surface area contributed by atoms with Gasteiger partial charge in [0, 0.05) is 16.8 Å². The van der Waals surface area contributed by atoms with Gasteiger partial charge in [-0.1, -0.05) is 65.8 Å². The van der Waals surface area contributed by atoms with Crippen molar-refractivity contribution in [3.63, 3.8) is 0 Å². The predicted molar refractivity (Wildman–Crippen MR) is 107 cm³/mol. The molecule has 2 heterocycles. The summed E-state index contributed by atoms with van der Waals surface area (Å²) in [4.78, 5) is 17.2. The highest BCUT2D eigenvalue weighted by molar-refractivity contribution is 6.14. The minimum Gasteiger partial charge on any atom is -0.336 e. The standard InChI is InChI=1S/C22H18N4O2/c1-14-13-18(19-15(2)26-28-22(19)23-14)21(27)25-24-20(16-9-5-3-6-10-16)17-11-7-4-8-12-17/h3-13H,1-2H3,(H,25,27). The second-order valence-corrected chi connectivity index (χ2v) is 6.39. The number of fused-ring (bicyclic) bond motifs is 1. The van der Waals surface area contributed by atoms with Crippen molar-refractivity contribution in [1.29, 1.82) is 0 Å². The normalized spacial score (nSPS) is 10.6. The van der Waals surface area contributed by atoms with E-state index < -0.39 is 0 Å². The maximum atomic E-state index is 12.9. The van der Waals surface area contributed by atoms with Crippen LogP contribution < -0.4 is 5.43 Å². The number of hydrogen-bond acceptors (Lipinski definition) is 5. The first kappa shape index (κ1) is 17.6. The zero-order valence-electron chi connectivity index (χ0n) is 15.5. The summed E-state index contributed by atoms with van der Waals surface area (Å²) in [6.45, 7) is 3.58. The van der Waals surface area contributed by atoms with Gasteiger partial charge in [-0.2, -0.15) is 5.10 Å². The predicted octanol–water partition coefficient (Wildman–Crippen LogP) is 4.02. The lowest BCUT2D eigenvalue weighted by Crippen LogP contribution is -2.21. The number of nitrogens with one attached hydrogen (secondary N) is 1. The number of pyridine rings is 1. The third-order valence-electron chi connectivity index (χ3n) is 4.35. The van der Waals surface area contributed by atoms with Crippen LogP contribution in [0, 0.1) is 13.8 Å². The molecule has 6 nitrogen and oxygen atoms in total. The van der Waals surface area contributed by atoms with Crippen LogP contribution in [0.15, 0.2) is 76.4 Å². The largest absolute Gasteiger partial charge is 0.336 e. The van der Waals surface area contributed by atoms with Gasteiger partial charge >= 0.3 is 0 Å². The van der Waals surface area contributed by atoms with E-state index in [2.05, 4.69) is 20.7 Å². The molecule has 2 aromatic heterocycles. The molecule has 1 N–H and O–H groups in total. The topological polar surface area (TPSA) is 80.4 Å². The molecule has 0 unspecified atom stereocenters. The van der Waals surface area contributed by atoms with E-state index in [1.807, 2.05) is 60.7 Å². The molecular weight excluding hydrogens is 352 g/mol. The maximum absolute atomic E-state index is 12.9. The number of carbonyl (C=O) groups excluding carboxylic acids is 1. The molecule has 0 bridgehead atoms. The molecule has 0 spiro atoms. The highest BCUT2D eigenvalue weighted by Crippen LogP contribution is 2.22. The lowest BCUT2D eigenvalue weighted by molar-refractivity contribution is 0.0956. The van der Waals surface area contributed by atoms with Crippen molar-refractivity contribution in [2.45, 2.75) is 13.8 Å². The molecule has 4 rings (SSSR count). The van der Waals surface area contributed by atoms with Crippen molar-refractivity contribution in [3.05, 3.63) is 94.8 Å². The van der Waals surface area contributed by atoms with Crippen LogP contribution in [0.1, 0.15) is 32.9 Å². The first-order valence-corrected chi connectivity index (χ1v) is 8.86.